The van der Waals surface area contributed by atoms with Crippen LogP contribution in [0.2, 0.25) is 0 Å². The Balaban J connectivity index is 1.76. The summed E-state index contributed by atoms with van der Waals surface area (Å²) >= 11 is 0. The Morgan fingerprint density at radius 1 is 1.47 bits per heavy atom. The number of hydrogen-bond acceptors (Lipinski definition) is 5. The molecule has 19 heavy (non-hydrogen) atoms. The Labute approximate surface area is 113 Å². The normalized spacial score (nSPS) is 26.1. The number of aromatic nitrogens is 1. The number of nitrogens with two attached hydrogens (primary N) is 1. The first-order chi connectivity index (χ1) is 9.28. The van der Waals surface area contributed by atoms with Gasteiger partial charge in [-0.05, 0) is 25.0 Å². The van der Waals surface area contributed by atoms with Gasteiger partial charge in [0, 0.05) is 37.7 Å². The van der Waals surface area contributed by atoms with Gasteiger partial charge in [-0.3, -0.25) is 0 Å². The standard InChI is InChI=1S/C14H21N3O2/c1-18-9-11-7-17(8-12(11)15)13-5-4-10-3-2-6-19-14(10)16-13/h4-5,11-12H,2-3,6-9,15H2,1H3/t11-,12-/m0/s1. The Morgan fingerprint density at radius 2 is 2.37 bits per heavy atom. The zero-order valence-corrected chi connectivity index (χ0v) is 11.3. The number of fused-ring (bicyclic) bond motifs is 1. The molecule has 2 aliphatic heterocycles. The molecule has 0 aliphatic carbocycles. The third-order valence-corrected chi connectivity index (χ3v) is 3.95. The van der Waals surface area contributed by atoms with E-state index in [2.05, 4.69) is 22.0 Å². The van der Waals surface area contributed by atoms with E-state index in [0.29, 0.717) is 12.5 Å². The van der Waals surface area contributed by atoms with Crippen LogP contribution in [0.4, 0.5) is 5.82 Å². The lowest BCUT2D eigenvalue weighted by Gasteiger charge is -2.21. The summed E-state index contributed by atoms with van der Waals surface area (Å²) in [6.45, 7) is 3.22. The summed E-state index contributed by atoms with van der Waals surface area (Å²) in [6, 6.07) is 4.36. The smallest absolute Gasteiger partial charge is 0.218 e. The maximum atomic E-state index is 6.15. The van der Waals surface area contributed by atoms with Crippen LogP contribution in [0.15, 0.2) is 12.1 Å². The van der Waals surface area contributed by atoms with E-state index in [-0.39, 0.29) is 6.04 Å². The molecule has 2 aliphatic rings. The van der Waals surface area contributed by atoms with Crippen molar-refractivity contribution >= 4 is 5.82 Å². The number of hydrogen-bond donors (Lipinski definition) is 1. The number of aryl methyl sites for hydroxylation is 1. The average Bonchev–Trinajstić information content (AvgIpc) is 2.80. The van der Waals surface area contributed by atoms with Gasteiger partial charge in [0.05, 0.1) is 13.2 Å². The fourth-order valence-corrected chi connectivity index (χ4v) is 2.86. The van der Waals surface area contributed by atoms with Crippen LogP contribution in [0, 0.1) is 5.92 Å². The topological polar surface area (TPSA) is 60.6 Å². The number of ether oxygens (including phenoxy) is 2. The van der Waals surface area contributed by atoms with E-state index in [0.717, 1.165) is 44.2 Å². The third-order valence-electron chi connectivity index (χ3n) is 3.95. The minimum atomic E-state index is 0.152. The summed E-state index contributed by atoms with van der Waals surface area (Å²) in [5.74, 6) is 2.14. The van der Waals surface area contributed by atoms with Crippen molar-refractivity contribution in [1.82, 2.24) is 4.98 Å². The van der Waals surface area contributed by atoms with Crippen molar-refractivity contribution in [3.63, 3.8) is 0 Å². The van der Waals surface area contributed by atoms with Gasteiger partial charge in [0.15, 0.2) is 0 Å². The number of anilines is 1. The number of rotatable bonds is 3. The first-order valence-corrected chi connectivity index (χ1v) is 6.90. The lowest BCUT2D eigenvalue weighted by Crippen LogP contribution is -2.31. The van der Waals surface area contributed by atoms with Crippen molar-refractivity contribution in [3.05, 3.63) is 17.7 Å². The van der Waals surface area contributed by atoms with Gasteiger partial charge in [-0.2, -0.15) is 4.98 Å². The largest absolute Gasteiger partial charge is 0.477 e. The third kappa shape index (κ3) is 2.53. The first-order valence-electron chi connectivity index (χ1n) is 6.90. The van der Waals surface area contributed by atoms with Crippen molar-refractivity contribution in [2.24, 2.45) is 11.7 Å². The highest BCUT2D eigenvalue weighted by Gasteiger charge is 2.31. The molecule has 0 amide bonds. The zero-order valence-electron chi connectivity index (χ0n) is 11.3. The molecule has 5 nitrogen and oxygen atoms in total. The van der Waals surface area contributed by atoms with Gasteiger partial charge in [0.1, 0.15) is 5.82 Å². The van der Waals surface area contributed by atoms with E-state index in [4.69, 9.17) is 15.2 Å². The molecule has 0 unspecified atom stereocenters. The quantitative estimate of drug-likeness (QED) is 0.874. The van der Waals surface area contributed by atoms with Gasteiger partial charge >= 0.3 is 0 Å². The molecule has 0 bridgehead atoms. The predicted octanol–water partition coefficient (Wildman–Crippen LogP) is 0.817. The molecule has 1 aromatic rings. The first kappa shape index (κ1) is 12.7. The molecule has 3 heterocycles. The Morgan fingerprint density at radius 3 is 3.21 bits per heavy atom. The Hall–Kier alpha value is -1.33. The lowest BCUT2D eigenvalue weighted by molar-refractivity contribution is 0.154. The fraction of sp³-hybridized carbons (Fsp3) is 0.643. The molecular weight excluding hydrogens is 242 g/mol. The van der Waals surface area contributed by atoms with Crippen molar-refractivity contribution in [2.75, 3.05) is 38.3 Å². The number of pyridine rings is 1. The van der Waals surface area contributed by atoms with Crippen LogP contribution in [-0.4, -0.2) is 44.4 Å². The summed E-state index contributed by atoms with van der Waals surface area (Å²) in [4.78, 5) is 6.86. The van der Waals surface area contributed by atoms with E-state index >= 15 is 0 Å². The molecule has 0 radical (unpaired) electrons. The highest BCUT2D eigenvalue weighted by atomic mass is 16.5. The lowest BCUT2D eigenvalue weighted by atomic mass is 10.1. The zero-order chi connectivity index (χ0) is 13.2. The van der Waals surface area contributed by atoms with Gasteiger partial charge < -0.3 is 20.1 Å². The summed E-state index contributed by atoms with van der Waals surface area (Å²) in [5, 5.41) is 0. The van der Waals surface area contributed by atoms with Crippen LogP contribution in [0.1, 0.15) is 12.0 Å². The highest BCUT2D eigenvalue weighted by Crippen LogP contribution is 2.28. The molecule has 0 aromatic carbocycles. The van der Waals surface area contributed by atoms with Gasteiger partial charge in [0.25, 0.3) is 0 Å². The Kier molecular flexibility index (Phi) is 3.57. The second kappa shape index (κ2) is 5.35. The van der Waals surface area contributed by atoms with Crippen LogP contribution in [0.25, 0.3) is 0 Å². The molecule has 5 heteroatoms. The summed E-state index contributed by atoms with van der Waals surface area (Å²) in [5.41, 5.74) is 7.36. The number of nitrogens with zero attached hydrogens (tertiary/aromatic N) is 2. The number of methoxy groups -OCH3 is 1. The van der Waals surface area contributed by atoms with E-state index in [9.17, 15) is 0 Å². The molecule has 1 saturated heterocycles. The van der Waals surface area contributed by atoms with Crippen molar-refractivity contribution in [3.8, 4) is 5.88 Å². The summed E-state index contributed by atoms with van der Waals surface area (Å²) < 4.78 is 10.9. The molecule has 0 spiro atoms. The SMILES string of the molecule is COC[C@@H]1CN(c2ccc3c(n2)OCCC3)C[C@@H]1N. The molecule has 0 saturated carbocycles. The fourth-order valence-electron chi connectivity index (χ4n) is 2.86. The van der Waals surface area contributed by atoms with Crippen LogP contribution in [0.5, 0.6) is 5.88 Å². The maximum Gasteiger partial charge on any atom is 0.218 e. The summed E-state index contributed by atoms with van der Waals surface area (Å²) in [6.07, 6.45) is 2.15. The van der Waals surface area contributed by atoms with Crippen LogP contribution in [0.3, 0.4) is 0 Å². The van der Waals surface area contributed by atoms with E-state index in [1.807, 2.05) is 0 Å². The maximum absolute atomic E-state index is 6.15. The van der Waals surface area contributed by atoms with Crippen LogP contribution >= 0.6 is 0 Å². The second-order valence-electron chi connectivity index (χ2n) is 5.37. The second-order valence-corrected chi connectivity index (χ2v) is 5.37. The average molecular weight is 263 g/mol. The predicted molar refractivity (Wildman–Crippen MR) is 73.6 cm³/mol. The molecule has 2 N–H and O–H groups in total. The molecule has 104 valence electrons. The molecule has 2 atom stereocenters. The van der Waals surface area contributed by atoms with Gasteiger partial charge in [-0.15, -0.1) is 0 Å². The van der Waals surface area contributed by atoms with Crippen molar-refractivity contribution in [1.29, 1.82) is 0 Å². The Bertz CT molecular complexity index is 452. The van der Waals surface area contributed by atoms with E-state index < -0.39 is 0 Å². The van der Waals surface area contributed by atoms with Gasteiger partial charge in [-0.1, -0.05) is 0 Å². The van der Waals surface area contributed by atoms with E-state index in [1.54, 1.807) is 7.11 Å². The van der Waals surface area contributed by atoms with Crippen molar-refractivity contribution in [2.45, 2.75) is 18.9 Å². The highest BCUT2D eigenvalue weighted by molar-refractivity contribution is 5.46. The minimum Gasteiger partial charge on any atom is -0.477 e. The van der Waals surface area contributed by atoms with Crippen LogP contribution in [-0.2, 0) is 11.2 Å². The van der Waals surface area contributed by atoms with Crippen molar-refractivity contribution < 1.29 is 9.47 Å². The molecule has 3 rings (SSSR count). The van der Waals surface area contributed by atoms with Gasteiger partial charge in [0.2, 0.25) is 5.88 Å². The molecule has 1 aromatic heterocycles. The molecule has 1 fully saturated rings. The summed E-state index contributed by atoms with van der Waals surface area (Å²) in [7, 11) is 1.72. The van der Waals surface area contributed by atoms with E-state index in [1.165, 1.54) is 5.56 Å². The van der Waals surface area contributed by atoms with Gasteiger partial charge in [-0.25, -0.2) is 0 Å². The molecular formula is C14H21N3O2. The monoisotopic (exact) mass is 263 g/mol. The van der Waals surface area contributed by atoms with Crippen LogP contribution < -0.4 is 15.4 Å². The minimum absolute atomic E-state index is 0.152.